The van der Waals surface area contributed by atoms with Crippen molar-refractivity contribution in [2.45, 2.75) is 38.6 Å². The second-order valence-electron chi connectivity index (χ2n) is 3.69. The molecule has 1 fully saturated rings. The maximum atomic E-state index is 11.2. The quantitative estimate of drug-likeness (QED) is 0.704. The Morgan fingerprint density at radius 2 is 2.31 bits per heavy atom. The molecule has 1 aliphatic heterocycles. The van der Waals surface area contributed by atoms with E-state index in [4.69, 9.17) is 5.11 Å². The van der Waals surface area contributed by atoms with E-state index in [0.29, 0.717) is 13.0 Å². The van der Waals surface area contributed by atoms with Crippen LogP contribution in [-0.4, -0.2) is 41.5 Å². The van der Waals surface area contributed by atoms with Gasteiger partial charge in [0.15, 0.2) is 0 Å². The number of carbonyl (C=O) groups is 1. The lowest BCUT2D eigenvalue weighted by atomic mass is 10.0. The molecular formula is C10H19NO2. The SMILES string of the molecule is CCC(=O)CN1CCCCC1CO. The minimum Gasteiger partial charge on any atom is -0.395 e. The van der Waals surface area contributed by atoms with Gasteiger partial charge in [-0.25, -0.2) is 0 Å². The third-order valence-corrected chi connectivity index (χ3v) is 2.73. The fourth-order valence-electron chi connectivity index (χ4n) is 1.81. The molecule has 1 atom stereocenters. The second kappa shape index (κ2) is 5.35. The Bertz CT molecular complexity index is 170. The van der Waals surface area contributed by atoms with Crippen molar-refractivity contribution in [1.29, 1.82) is 0 Å². The highest BCUT2D eigenvalue weighted by atomic mass is 16.3. The number of hydrogen-bond acceptors (Lipinski definition) is 3. The van der Waals surface area contributed by atoms with Gasteiger partial charge in [0.05, 0.1) is 13.2 Å². The van der Waals surface area contributed by atoms with Crippen LogP contribution < -0.4 is 0 Å². The number of carbonyl (C=O) groups excluding carboxylic acids is 1. The van der Waals surface area contributed by atoms with Crippen LogP contribution in [0.15, 0.2) is 0 Å². The molecule has 0 aromatic rings. The molecule has 0 spiro atoms. The molecule has 1 N–H and O–H groups in total. The van der Waals surface area contributed by atoms with Crippen LogP contribution in [0.3, 0.4) is 0 Å². The van der Waals surface area contributed by atoms with Gasteiger partial charge in [-0.2, -0.15) is 0 Å². The van der Waals surface area contributed by atoms with Crippen LogP contribution in [0.1, 0.15) is 32.6 Å². The van der Waals surface area contributed by atoms with E-state index in [1.54, 1.807) is 0 Å². The predicted molar refractivity (Wildman–Crippen MR) is 51.6 cm³/mol. The zero-order chi connectivity index (χ0) is 9.68. The third-order valence-electron chi connectivity index (χ3n) is 2.73. The summed E-state index contributed by atoms with van der Waals surface area (Å²) in [6.45, 7) is 3.58. The number of Topliss-reactive ketones (excluding diaryl/α,β-unsaturated/α-hetero) is 1. The van der Waals surface area contributed by atoms with Crippen molar-refractivity contribution in [3.63, 3.8) is 0 Å². The monoisotopic (exact) mass is 185 g/mol. The van der Waals surface area contributed by atoms with E-state index in [-0.39, 0.29) is 18.4 Å². The van der Waals surface area contributed by atoms with Gasteiger partial charge < -0.3 is 5.11 Å². The molecule has 13 heavy (non-hydrogen) atoms. The van der Waals surface area contributed by atoms with Gasteiger partial charge in [0.25, 0.3) is 0 Å². The highest BCUT2D eigenvalue weighted by Gasteiger charge is 2.22. The van der Waals surface area contributed by atoms with Gasteiger partial charge in [0.2, 0.25) is 0 Å². The van der Waals surface area contributed by atoms with Gasteiger partial charge in [-0.15, -0.1) is 0 Å². The lowest BCUT2D eigenvalue weighted by molar-refractivity contribution is -0.121. The summed E-state index contributed by atoms with van der Waals surface area (Å²) in [5, 5.41) is 9.09. The van der Waals surface area contributed by atoms with Crippen molar-refractivity contribution in [3.05, 3.63) is 0 Å². The predicted octanol–water partition coefficient (Wildman–Crippen LogP) is 0.812. The summed E-state index contributed by atoms with van der Waals surface area (Å²) >= 11 is 0. The maximum Gasteiger partial charge on any atom is 0.146 e. The van der Waals surface area contributed by atoms with Gasteiger partial charge in [0.1, 0.15) is 5.78 Å². The molecule has 0 amide bonds. The van der Waals surface area contributed by atoms with Crippen molar-refractivity contribution in [2.75, 3.05) is 19.7 Å². The zero-order valence-corrected chi connectivity index (χ0v) is 8.33. The normalized spacial score (nSPS) is 24.6. The molecule has 76 valence electrons. The summed E-state index contributed by atoms with van der Waals surface area (Å²) < 4.78 is 0. The summed E-state index contributed by atoms with van der Waals surface area (Å²) in [6.07, 6.45) is 3.98. The molecule has 3 heteroatoms. The Balaban J connectivity index is 2.40. The van der Waals surface area contributed by atoms with E-state index >= 15 is 0 Å². The number of rotatable bonds is 4. The van der Waals surface area contributed by atoms with Crippen molar-refractivity contribution in [2.24, 2.45) is 0 Å². The molecule has 0 radical (unpaired) electrons. The van der Waals surface area contributed by atoms with E-state index < -0.39 is 0 Å². The van der Waals surface area contributed by atoms with Crippen LogP contribution in [0, 0.1) is 0 Å². The minimum atomic E-state index is 0.191. The van der Waals surface area contributed by atoms with E-state index in [9.17, 15) is 4.79 Å². The molecule has 0 saturated carbocycles. The van der Waals surface area contributed by atoms with E-state index in [1.807, 2.05) is 6.92 Å². The van der Waals surface area contributed by atoms with Crippen molar-refractivity contribution in [1.82, 2.24) is 4.90 Å². The van der Waals surface area contributed by atoms with Crippen LogP contribution in [0.5, 0.6) is 0 Å². The smallest absolute Gasteiger partial charge is 0.146 e. The highest BCUT2D eigenvalue weighted by molar-refractivity contribution is 5.80. The number of ketones is 1. The summed E-state index contributed by atoms with van der Waals surface area (Å²) in [7, 11) is 0. The molecule has 0 aromatic heterocycles. The van der Waals surface area contributed by atoms with Crippen molar-refractivity contribution < 1.29 is 9.90 Å². The Kier molecular flexibility index (Phi) is 4.39. The fourth-order valence-corrected chi connectivity index (χ4v) is 1.81. The second-order valence-corrected chi connectivity index (χ2v) is 3.69. The molecule has 1 heterocycles. The van der Waals surface area contributed by atoms with Gasteiger partial charge in [-0.05, 0) is 19.4 Å². The molecule has 1 rings (SSSR count). The zero-order valence-electron chi connectivity index (χ0n) is 8.33. The van der Waals surface area contributed by atoms with E-state index in [2.05, 4.69) is 4.90 Å². The number of hydrogen-bond donors (Lipinski definition) is 1. The summed E-state index contributed by atoms with van der Waals surface area (Å²) in [4.78, 5) is 13.3. The number of aliphatic hydroxyl groups is 1. The van der Waals surface area contributed by atoms with Gasteiger partial charge >= 0.3 is 0 Å². The minimum absolute atomic E-state index is 0.191. The molecule has 1 saturated heterocycles. The van der Waals surface area contributed by atoms with Gasteiger partial charge in [0, 0.05) is 12.5 Å². The first-order chi connectivity index (χ1) is 6.27. The van der Waals surface area contributed by atoms with Crippen molar-refractivity contribution >= 4 is 5.78 Å². The van der Waals surface area contributed by atoms with Gasteiger partial charge in [-0.1, -0.05) is 13.3 Å². The number of piperidine rings is 1. The first-order valence-electron chi connectivity index (χ1n) is 5.14. The highest BCUT2D eigenvalue weighted by Crippen LogP contribution is 2.16. The average molecular weight is 185 g/mol. The summed E-state index contributed by atoms with van der Waals surface area (Å²) in [5.74, 6) is 0.278. The first-order valence-corrected chi connectivity index (χ1v) is 5.14. The standard InChI is InChI=1S/C10H19NO2/c1-2-10(13)7-11-6-4-3-5-9(11)8-12/h9,12H,2-8H2,1H3. The average Bonchev–Trinajstić information content (AvgIpc) is 2.18. The number of nitrogens with zero attached hydrogens (tertiary/aromatic N) is 1. The van der Waals surface area contributed by atoms with Gasteiger partial charge in [-0.3, -0.25) is 9.69 Å². The Morgan fingerprint density at radius 1 is 1.54 bits per heavy atom. The maximum absolute atomic E-state index is 11.2. The van der Waals surface area contributed by atoms with Crippen LogP contribution >= 0.6 is 0 Å². The largest absolute Gasteiger partial charge is 0.395 e. The molecule has 0 aromatic carbocycles. The molecule has 0 bridgehead atoms. The Labute approximate surface area is 79.7 Å². The molecular weight excluding hydrogens is 166 g/mol. The first kappa shape index (κ1) is 10.7. The Hall–Kier alpha value is -0.410. The van der Waals surface area contributed by atoms with Crippen LogP contribution in [-0.2, 0) is 4.79 Å². The summed E-state index contributed by atoms with van der Waals surface area (Å²) in [6, 6.07) is 0.226. The Morgan fingerprint density at radius 3 is 2.92 bits per heavy atom. The number of likely N-dealkylation sites (tertiary alicyclic amines) is 1. The van der Waals surface area contributed by atoms with E-state index in [1.165, 1.54) is 6.42 Å². The molecule has 1 aliphatic rings. The lowest BCUT2D eigenvalue weighted by Crippen LogP contribution is -2.44. The van der Waals surface area contributed by atoms with Crippen LogP contribution in [0.2, 0.25) is 0 Å². The molecule has 3 nitrogen and oxygen atoms in total. The lowest BCUT2D eigenvalue weighted by Gasteiger charge is -2.33. The molecule has 0 aliphatic carbocycles. The molecule has 1 unspecified atom stereocenters. The van der Waals surface area contributed by atoms with Crippen molar-refractivity contribution in [3.8, 4) is 0 Å². The van der Waals surface area contributed by atoms with Crippen LogP contribution in [0.4, 0.5) is 0 Å². The fraction of sp³-hybridized carbons (Fsp3) is 0.900. The van der Waals surface area contributed by atoms with E-state index in [0.717, 1.165) is 19.4 Å². The van der Waals surface area contributed by atoms with Crippen LogP contribution in [0.25, 0.3) is 0 Å². The topological polar surface area (TPSA) is 40.5 Å². The number of aliphatic hydroxyl groups excluding tert-OH is 1. The third kappa shape index (κ3) is 3.08. The summed E-state index contributed by atoms with van der Waals surface area (Å²) in [5.41, 5.74) is 0.